The normalized spacial score (nSPS) is 10.5. The molecule has 40 heavy (non-hydrogen) atoms. The van der Waals surface area contributed by atoms with Gasteiger partial charge in [-0.15, -0.1) is 0 Å². The average Bonchev–Trinajstić information content (AvgIpc) is 3.05. The molecule has 0 heterocycles. The molecule has 0 unspecified atom stereocenters. The Hall–Kier alpha value is -5.34. The van der Waals surface area contributed by atoms with Gasteiger partial charge >= 0.3 is 0 Å². The number of benzene rings is 6. The van der Waals surface area contributed by atoms with Gasteiger partial charge in [-0.1, -0.05) is 97.1 Å². The van der Waals surface area contributed by atoms with Crippen molar-refractivity contribution < 1.29 is 0 Å². The van der Waals surface area contributed by atoms with Crippen LogP contribution < -0.4 is 9.15 Å². The first-order valence-corrected chi connectivity index (χ1v) is 13.5. The maximum absolute atomic E-state index is 2.23. The van der Waals surface area contributed by atoms with Crippen molar-refractivity contribution in [3.8, 4) is 11.1 Å². The van der Waals surface area contributed by atoms with Gasteiger partial charge in [-0.05, 0) is 35.4 Å². The molecule has 190 valence electrons. The molecule has 0 amide bonds. The smallest absolute Gasteiger partial charge is 0.160 e. The van der Waals surface area contributed by atoms with E-state index in [1.54, 1.807) is 0 Å². The van der Waals surface area contributed by atoms with Crippen molar-refractivity contribution in [1.82, 2.24) is 9.15 Å². The molecular weight excluding hydrogens is 484 g/mol. The Morgan fingerprint density at radius 1 is 0.275 bits per heavy atom. The van der Waals surface area contributed by atoms with Gasteiger partial charge in [0, 0.05) is 59.7 Å². The second kappa shape index (κ2) is 12.0. The van der Waals surface area contributed by atoms with E-state index in [1.807, 2.05) is 24.3 Å². The fourth-order valence-corrected chi connectivity index (χ4v) is 4.77. The van der Waals surface area contributed by atoms with Gasteiger partial charge in [0.2, 0.25) is 22.7 Å². The quantitative estimate of drug-likeness (QED) is 0.148. The summed E-state index contributed by atoms with van der Waals surface area (Å²) in [6, 6.07) is 59.3. The molecule has 0 N–H and O–H groups in total. The van der Waals surface area contributed by atoms with Crippen molar-refractivity contribution in [3.05, 3.63) is 181 Å². The van der Waals surface area contributed by atoms with Crippen LogP contribution in [0.4, 0.5) is 22.7 Å². The lowest BCUT2D eigenvalue weighted by Crippen LogP contribution is -2.06. The molecule has 0 saturated carbocycles. The zero-order valence-corrected chi connectivity index (χ0v) is 22.2. The Labute approximate surface area is 236 Å². The minimum absolute atomic E-state index is 1.13. The summed E-state index contributed by atoms with van der Waals surface area (Å²) in [5.41, 5.74) is 9.18. The van der Waals surface area contributed by atoms with Gasteiger partial charge in [0.15, 0.2) is 12.4 Å². The van der Waals surface area contributed by atoms with E-state index in [2.05, 4.69) is 167 Å². The van der Waals surface area contributed by atoms with Crippen LogP contribution in [0.5, 0.6) is 0 Å². The number of nitrogens with zero attached hydrogens (tertiary/aromatic N) is 2. The molecule has 0 spiro atoms. The number of hydrogen-bond donors (Lipinski definition) is 0. The van der Waals surface area contributed by atoms with Crippen LogP contribution in [0.25, 0.3) is 11.1 Å². The summed E-state index contributed by atoms with van der Waals surface area (Å²) >= 11 is 0. The molecule has 6 rings (SSSR count). The zero-order chi connectivity index (χ0) is 27.0. The zero-order valence-electron chi connectivity index (χ0n) is 22.2. The molecular formula is C38H30N2+2. The standard InChI is InChI=1S/C38H30N2/c1-5-13-35(14-6-1)39(36-15-7-2-8-16-36)29-31-21-25-33(26-22-31)34-27-23-32(24-28-34)30-40(37-17-9-3-10-18-37)38-19-11-4-12-20-38/h1-30H/q+2. The molecule has 2 heteroatoms. The minimum atomic E-state index is 1.13. The molecule has 0 aromatic heterocycles. The Kier molecular flexibility index (Phi) is 7.50. The second-order valence-corrected chi connectivity index (χ2v) is 9.58. The highest BCUT2D eigenvalue weighted by Gasteiger charge is 2.14. The molecule has 0 aliphatic rings. The summed E-state index contributed by atoms with van der Waals surface area (Å²) in [5, 5.41) is 0. The molecule has 6 aromatic carbocycles. The van der Waals surface area contributed by atoms with E-state index in [9.17, 15) is 0 Å². The number of para-hydroxylation sites is 4. The van der Waals surface area contributed by atoms with E-state index in [-0.39, 0.29) is 0 Å². The third-order valence-corrected chi connectivity index (χ3v) is 6.85. The summed E-state index contributed by atoms with van der Waals surface area (Å²) in [6.45, 7) is 0. The van der Waals surface area contributed by atoms with Crippen LogP contribution in [0.2, 0.25) is 0 Å². The summed E-state index contributed by atoms with van der Waals surface area (Å²) in [4.78, 5) is 0. The SMILES string of the molecule is C(c1ccc(-c2ccc(C=[N+](c3ccccc3)c3ccccc3)cc2)cc1)=[N+](c1ccccc1)c1ccccc1. The van der Waals surface area contributed by atoms with Crippen molar-refractivity contribution in [1.29, 1.82) is 0 Å². The summed E-state index contributed by atoms with van der Waals surface area (Å²) < 4.78 is 4.45. The minimum Gasteiger partial charge on any atom is -0.160 e. The highest BCUT2D eigenvalue weighted by molar-refractivity contribution is 5.88. The van der Waals surface area contributed by atoms with Crippen LogP contribution >= 0.6 is 0 Å². The molecule has 0 aliphatic carbocycles. The maximum Gasteiger partial charge on any atom is 0.211 e. The van der Waals surface area contributed by atoms with Crippen LogP contribution in [0.1, 0.15) is 11.1 Å². The first-order valence-electron chi connectivity index (χ1n) is 13.5. The fraction of sp³-hybridized carbons (Fsp3) is 0. The third-order valence-electron chi connectivity index (χ3n) is 6.85. The molecule has 0 fully saturated rings. The lowest BCUT2D eigenvalue weighted by Gasteiger charge is -2.05. The number of rotatable bonds is 7. The van der Waals surface area contributed by atoms with Gasteiger partial charge in [-0.25, -0.2) is 0 Å². The predicted molar refractivity (Wildman–Crippen MR) is 171 cm³/mol. The van der Waals surface area contributed by atoms with Crippen LogP contribution in [0, 0.1) is 0 Å². The van der Waals surface area contributed by atoms with Gasteiger partial charge < -0.3 is 0 Å². The van der Waals surface area contributed by atoms with Crippen molar-refractivity contribution in [2.24, 2.45) is 0 Å². The molecule has 6 aromatic rings. The van der Waals surface area contributed by atoms with Crippen LogP contribution in [-0.4, -0.2) is 12.4 Å². The maximum atomic E-state index is 2.23. The van der Waals surface area contributed by atoms with E-state index in [1.165, 1.54) is 11.1 Å². The fourth-order valence-electron chi connectivity index (χ4n) is 4.77. The van der Waals surface area contributed by atoms with E-state index in [0.717, 1.165) is 33.9 Å². The first-order chi connectivity index (χ1) is 19.8. The van der Waals surface area contributed by atoms with Gasteiger partial charge in [-0.3, -0.25) is 0 Å². The Morgan fingerprint density at radius 2 is 0.525 bits per heavy atom. The van der Waals surface area contributed by atoms with Crippen molar-refractivity contribution in [2.45, 2.75) is 0 Å². The Morgan fingerprint density at radius 3 is 0.775 bits per heavy atom. The summed E-state index contributed by atoms with van der Waals surface area (Å²) in [6.07, 6.45) is 4.38. The van der Waals surface area contributed by atoms with Gasteiger partial charge in [0.25, 0.3) is 0 Å². The van der Waals surface area contributed by atoms with Crippen LogP contribution in [-0.2, 0) is 0 Å². The van der Waals surface area contributed by atoms with E-state index in [0.29, 0.717) is 0 Å². The Balaban J connectivity index is 1.28. The van der Waals surface area contributed by atoms with E-state index < -0.39 is 0 Å². The highest BCUT2D eigenvalue weighted by Crippen LogP contribution is 2.24. The first kappa shape index (κ1) is 25.0. The monoisotopic (exact) mass is 514 g/mol. The molecule has 2 nitrogen and oxygen atoms in total. The lowest BCUT2D eigenvalue weighted by atomic mass is 10.0. The summed E-state index contributed by atoms with van der Waals surface area (Å²) in [5.74, 6) is 0. The van der Waals surface area contributed by atoms with Gasteiger partial charge in [0.1, 0.15) is 0 Å². The lowest BCUT2D eigenvalue weighted by molar-refractivity contribution is 1.10. The average molecular weight is 515 g/mol. The van der Waals surface area contributed by atoms with Crippen LogP contribution in [0.15, 0.2) is 170 Å². The van der Waals surface area contributed by atoms with Crippen molar-refractivity contribution in [2.75, 3.05) is 0 Å². The number of hydrogen-bond acceptors (Lipinski definition) is 0. The molecule has 0 aliphatic heterocycles. The van der Waals surface area contributed by atoms with E-state index >= 15 is 0 Å². The van der Waals surface area contributed by atoms with E-state index in [4.69, 9.17) is 0 Å². The second-order valence-electron chi connectivity index (χ2n) is 9.58. The molecule has 0 radical (unpaired) electrons. The van der Waals surface area contributed by atoms with Gasteiger partial charge in [-0.2, -0.15) is 9.15 Å². The third kappa shape index (κ3) is 5.87. The predicted octanol–water partition coefficient (Wildman–Crippen LogP) is 9.26. The van der Waals surface area contributed by atoms with Crippen molar-refractivity contribution in [3.63, 3.8) is 0 Å². The largest absolute Gasteiger partial charge is 0.211 e. The Bertz CT molecular complexity index is 1500. The highest BCUT2D eigenvalue weighted by atomic mass is 15.0. The molecule has 0 saturated heterocycles. The topological polar surface area (TPSA) is 6.02 Å². The van der Waals surface area contributed by atoms with Crippen LogP contribution in [0.3, 0.4) is 0 Å². The molecule has 0 bridgehead atoms. The van der Waals surface area contributed by atoms with Gasteiger partial charge in [0.05, 0.1) is 0 Å². The van der Waals surface area contributed by atoms with Crippen molar-refractivity contribution >= 4 is 35.2 Å². The molecule has 0 atom stereocenters. The summed E-state index contributed by atoms with van der Waals surface area (Å²) in [7, 11) is 0.